The zero-order valence-electron chi connectivity index (χ0n) is 15.3. The number of carbonyl (C=O) groups excluding carboxylic acids is 2. The van der Waals surface area contributed by atoms with E-state index < -0.39 is 5.82 Å². The number of Topliss-reactive ketones (excluding diaryl/α,β-unsaturated/α-hetero) is 1. The monoisotopic (exact) mass is 398 g/mol. The van der Waals surface area contributed by atoms with E-state index in [9.17, 15) is 14.0 Å². The predicted molar refractivity (Wildman–Crippen MR) is 105 cm³/mol. The maximum Gasteiger partial charge on any atom is 0.230 e. The van der Waals surface area contributed by atoms with E-state index in [1.807, 2.05) is 24.3 Å². The van der Waals surface area contributed by atoms with Gasteiger partial charge in [0.1, 0.15) is 18.5 Å². The lowest BCUT2D eigenvalue weighted by molar-refractivity contribution is -0.118. The molecule has 3 rings (SSSR count). The number of ketones is 1. The van der Waals surface area contributed by atoms with E-state index in [1.165, 1.54) is 25.4 Å². The van der Waals surface area contributed by atoms with Gasteiger partial charge in [0.05, 0.1) is 12.3 Å². The molecule has 0 aliphatic rings. The summed E-state index contributed by atoms with van der Waals surface area (Å²) < 4.78 is 15.7. The first kappa shape index (κ1) is 19.8. The van der Waals surface area contributed by atoms with Gasteiger partial charge in [-0.05, 0) is 30.2 Å². The van der Waals surface area contributed by atoms with Crippen LogP contribution < -0.4 is 5.32 Å². The molecule has 28 heavy (non-hydrogen) atoms. The molecule has 0 saturated heterocycles. The van der Waals surface area contributed by atoms with Crippen molar-refractivity contribution in [1.29, 1.82) is 0 Å². The van der Waals surface area contributed by atoms with E-state index in [4.69, 9.17) is 0 Å². The molecule has 0 unspecified atom stereocenters. The molecular weight excluding hydrogens is 379 g/mol. The van der Waals surface area contributed by atoms with Crippen LogP contribution in [0.3, 0.4) is 0 Å². The van der Waals surface area contributed by atoms with Crippen LogP contribution in [0, 0.1) is 5.82 Å². The number of amides is 1. The lowest BCUT2D eigenvalue weighted by Crippen LogP contribution is -2.24. The van der Waals surface area contributed by atoms with Crippen molar-refractivity contribution in [2.45, 2.75) is 24.9 Å². The average Bonchev–Trinajstić information content (AvgIpc) is 3.19. The van der Waals surface area contributed by atoms with Crippen LogP contribution in [0.2, 0.25) is 0 Å². The zero-order chi connectivity index (χ0) is 19.9. The standard InChI is InChI=1S/C20H19FN4O2S/c1-14(26)17-6-7-19(18(21)8-17)28-11-20(27)23-9-15-2-4-16(5-3-15)10-25-13-22-12-24-25/h2-8,12-13H,9-11H2,1H3,(H,23,27). The van der Waals surface area contributed by atoms with E-state index in [2.05, 4.69) is 15.4 Å². The van der Waals surface area contributed by atoms with Crippen molar-refractivity contribution in [2.24, 2.45) is 0 Å². The molecule has 1 amide bonds. The number of aromatic nitrogens is 3. The van der Waals surface area contributed by atoms with Crippen LogP contribution in [0.1, 0.15) is 28.4 Å². The Labute approximate surface area is 166 Å². The summed E-state index contributed by atoms with van der Waals surface area (Å²) in [4.78, 5) is 27.5. The van der Waals surface area contributed by atoms with Gasteiger partial charge in [-0.2, -0.15) is 5.10 Å². The first-order chi connectivity index (χ1) is 13.5. The van der Waals surface area contributed by atoms with Crippen molar-refractivity contribution in [3.05, 3.63) is 77.6 Å². The Morgan fingerprint density at radius 1 is 1.14 bits per heavy atom. The number of thioether (sulfide) groups is 1. The van der Waals surface area contributed by atoms with Gasteiger partial charge in [0.15, 0.2) is 5.78 Å². The second-order valence-electron chi connectivity index (χ2n) is 6.18. The molecule has 0 spiro atoms. The Morgan fingerprint density at radius 3 is 2.54 bits per heavy atom. The van der Waals surface area contributed by atoms with Crippen LogP contribution in [0.5, 0.6) is 0 Å². The molecule has 0 fully saturated rings. The average molecular weight is 398 g/mol. The van der Waals surface area contributed by atoms with Crippen molar-refractivity contribution in [3.8, 4) is 0 Å². The third kappa shape index (κ3) is 5.50. The van der Waals surface area contributed by atoms with E-state index >= 15 is 0 Å². The Hall–Kier alpha value is -3.00. The first-order valence-electron chi connectivity index (χ1n) is 8.61. The minimum Gasteiger partial charge on any atom is -0.351 e. The smallest absolute Gasteiger partial charge is 0.230 e. The first-order valence-corrected chi connectivity index (χ1v) is 9.60. The lowest BCUT2D eigenvalue weighted by Gasteiger charge is -2.08. The number of rotatable bonds is 8. The molecule has 1 heterocycles. The normalized spacial score (nSPS) is 10.6. The molecule has 0 aliphatic carbocycles. The fourth-order valence-electron chi connectivity index (χ4n) is 2.50. The van der Waals surface area contributed by atoms with Gasteiger partial charge in [-0.1, -0.05) is 30.3 Å². The Morgan fingerprint density at radius 2 is 1.89 bits per heavy atom. The van der Waals surface area contributed by atoms with Gasteiger partial charge < -0.3 is 5.32 Å². The minimum atomic E-state index is -0.492. The van der Waals surface area contributed by atoms with Crippen molar-refractivity contribution >= 4 is 23.5 Å². The molecule has 0 aliphatic heterocycles. The van der Waals surface area contributed by atoms with Gasteiger partial charge in [0, 0.05) is 17.0 Å². The second kappa shape index (κ2) is 9.27. The summed E-state index contributed by atoms with van der Waals surface area (Å²) in [6, 6.07) is 12.1. The number of nitrogens with one attached hydrogen (secondary N) is 1. The van der Waals surface area contributed by atoms with Gasteiger partial charge in [0.25, 0.3) is 0 Å². The van der Waals surface area contributed by atoms with Crippen LogP contribution in [0.25, 0.3) is 0 Å². The predicted octanol–water partition coefficient (Wildman–Crippen LogP) is 3.08. The molecule has 1 N–H and O–H groups in total. The van der Waals surface area contributed by atoms with Crippen LogP contribution >= 0.6 is 11.8 Å². The highest BCUT2D eigenvalue weighted by Crippen LogP contribution is 2.22. The van der Waals surface area contributed by atoms with E-state index in [0.29, 0.717) is 23.5 Å². The SMILES string of the molecule is CC(=O)c1ccc(SCC(=O)NCc2ccc(Cn3cncn3)cc2)c(F)c1. The molecule has 2 aromatic carbocycles. The lowest BCUT2D eigenvalue weighted by atomic mass is 10.1. The Bertz CT molecular complexity index is 959. The molecule has 1 aromatic heterocycles. The topological polar surface area (TPSA) is 76.9 Å². The quantitative estimate of drug-likeness (QED) is 0.466. The summed E-state index contributed by atoms with van der Waals surface area (Å²) in [7, 11) is 0. The minimum absolute atomic E-state index is 0.0979. The van der Waals surface area contributed by atoms with Crippen LogP contribution in [-0.4, -0.2) is 32.2 Å². The summed E-state index contributed by atoms with van der Waals surface area (Å²) >= 11 is 1.10. The number of hydrogen-bond donors (Lipinski definition) is 1. The third-order valence-corrected chi connectivity index (χ3v) is 5.07. The van der Waals surface area contributed by atoms with Crippen LogP contribution in [0.15, 0.2) is 60.0 Å². The molecule has 0 bridgehead atoms. The number of hydrogen-bond acceptors (Lipinski definition) is 5. The zero-order valence-corrected chi connectivity index (χ0v) is 16.1. The summed E-state index contributed by atoms with van der Waals surface area (Å²) in [5.74, 6) is -0.776. The maximum atomic E-state index is 14.0. The van der Waals surface area contributed by atoms with Crippen LogP contribution in [-0.2, 0) is 17.9 Å². The highest BCUT2D eigenvalue weighted by atomic mass is 32.2. The number of benzene rings is 2. The third-order valence-electron chi connectivity index (χ3n) is 4.02. The van der Waals surface area contributed by atoms with Crippen molar-refractivity contribution in [3.63, 3.8) is 0 Å². The Kier molecular flexibility index (Phi) is 6.54. The fraction of sp³-hybridized carbons (Fsp3) is 0.200. The van der Waals surface area contributed by atoms with Gasteiger partial charge >= 0.3 is 0 Å². The van der Waals surface area contributed by atoms with Crippen LogP contribution in [0.4, 0.5) is 4.39 Å². The van der Waals surface area contributed by atoms with E-state index in [-0.39, 0.29) is 17.4 Å². The van der Waals surface area contributed by atoms with Crippen molar-refractivity contribution in [1.82, 2.24) is 20.1 Å². The molecular formula is C20H19FN4O2S. The highest BCUT2D eigenvalue weighted by molar-refractivity contribution is 8.00. The summed E-state index contributed by atoms with van der Waals surface area (Å²) in [5.41, 5.74) is 2.37. The maximum absolute atomic E-state index is 14.0. The molecule has 8 heteroatoms. The number of nitrogens with zero attached hydrogens (tertiary/aromatic N) is 3. The van der Waals surface area contributed by atoms with Gasteiger partial charge in [-0.3, -0.25) is 9.59 Å². The van der Waals surface area contributed by atoms with E-state index in [0.717, 1.165) is 22.9 Å². The Balaban J connectivity index is 1.46. The molecule has 0 saturated carbocycles. The molecule has 0 radical (unpaired) electrons. The number of carbonyl (C=O) groups is 2. The summed E-state index contributed by atoms with van der Waals surface area (Å²) in [6.07, 6.45) is 3.15. The van der Waals surface area contributed by atoms with Gasteiger partial charge in [-0.25, -0.2) is 14.1 Å². The summed E-state index contributed by atoms with van der Waals surface area (Å²) in [6.45, 7) is 2.42. The second-order valence-corrected chi connectivity index (χ2v) is 7.19. The van der Waals surface area contributed by atoms with Crippen molar-refractivity contribution in [2.75, 3.05) is 5.75 Å². The molecule has 144 valence electrons. The van der Waals surface area contributed by atoms with Gasteiger partial charge in [0.2, 0.25) is 5.91 Å². The van der Waals surface area contributed by atoms with Crippen molar-refractivity contribution < 1.29 is 14.0 Å². The van der Waals surface area contributed by atoms with E-state index in [1.54, 1.807) is 17.1 Å². The molecule has 0 atom stereocenters. The van der Waals surface area contributed by atoms with Gasteiger partial charge in [-0.15, -0.1) is 11.8 Å². The highest BCUT2D eigenvalue weighted by Gasteiger charge is 2.09. The summed E-state index contributed by atoms with van der Waals surface area (Å²) in [5, 5.41) is 6.88. The fourth-order valence-corrected chi connectivity index (χ4v) is 3.25. The molecule has 6 nitrogen and oxygen atoms in total. The largest absolute Gasteiger partial charge is 0.351 e. The number of halogens is 1. The molecule has 3 aromatic rings.